The molecule has 2 aromatic heterocycles. The number of nitrogens with one attached hydrogen (secondary N) is 1. The van der Waals surface area contributed by atoms with Gasteiger partial charge in [0, 0.05) is 22.8 Å². The highest BCUT2D eigenvalue weighted by atomic mass is 32.1. The minimum atomic E-state index is -0.218. The summed E-state index contributed by atoms with van der Waals surface area (Å²) in [5.74, 6) is 1.10. The molecule has 1 aliphatic carbocycles. The molecule has 3 aromatic rings. The molecule has 0 spiro atoms. The Bertz CT molecular complexity index is 1080. The minimum absolute atomic E-state index is 0.218. The van der Waals surface area contributed by atoms with Gasteiger partial charge in [-0.3, -0.25) is 4.79 Å². The topological polar surface area (TPSA) is 77.2 Å². The van der Waals surface area contributed by atoms with Crippen LogP contribution < -0.4 is 15.8 Å². The van der Waals surface area contributed by atoms with Gasteiger partial charge in [0.05, 0.1) is 12.8 Å². The Kier molecular flexibility index (Phi) is 4.99. The van der Waals surface area contributed by atoms with E-state index in [1.807, 2.05) is 18.2 Å². The van der Waals surface area contributed by atoms with E-state index in [-0.39, 0.29) is 11.3 Å². The Morgan fingerprint density at radius 2 is 2.10 bits per heavy atom. The summed E-state index contributed by atoms with van der Waals surface area (Å²) in [6.45, 7) is 6.90. The quantitative estimate of drug-likeness (QED) is 0.616. The first kappa shape index (κ1) is 19.7. The molecule has 3 N–H and O–H groups in total. The molecular weight excluding hydrogens is 382 g/mol. The number of hydrogen-bond donors (Lipinski definition) is 2. The van der Waals surface area contributed by atoms with E-state index in [1.54, 1.807) is 13.2 Å². The maximum Gasteiger partial charge on any atom is 0.267 e. The van der Waals surface area contributed by atoms with Crippen molar-refractivity contribution in [2.24, 2.45) is 11.3 Å². The highest BCUT2D eigenvalue weighted by Gasteiger charge is 2.30. The van der Waals surface area contributed by atoms with Gasteiger partial charge in [0.25, 0.3) is 5.91 Å². The van der Waals surface area contributed by atoms with Crippen molar-refractivity contribution < 1.29 is 9.53 Å². The molecule has 0 aliphatic heterocycles. The number of amides is 1. The molecule has 1 atom stereocenters. The van der Waals surface area contributed by atoms with Crippen molar-refractivity contribution in [2.75, 3.05) is 18.2 Å². The zero-order valence-corrected chi connectivity index (χ0v) is 18.2. The second-order valence-electron chi connectivity index (χ2n) is 8.78. The molecule has 0 saturated carbocycles. The number of pyridine rings is 1. The number of aryl methyl sites for hydroxylation is 1. The number of thiophene rings is 1. The van der Waals surface area contributed by atoms with Crippen LogP contribution in [0.3, 0.4) is 0 Å². The van der Waals surface area contributed by atoms with Gasteiger partial charge < -0.3 is 15.8 Å². The van der Waals surface area contributed by atoms with E-state index in [2.05, 4.69) is 32.2 Å². The van der Waals surface area contributed by atoms with Crippen molar-refractivity contribution in [1.82, 2.24) is 4.98 Å². The second-order valence-corrected chi connectivity index (χ2v) is 9.78. The van der Waals surface area contributed by atoms with E-state index in [0.717, 1.165) is 35.2 Å². The average Bonchev–Trinajstić information content (AvgIpc) is 3.01. The fourth-order valence-electron chi connectivity index (χ4n) is 3.99. The van der Waals surface area contributed by atoms with E-state index < -0.39 is 0 Å². The lowest BCUT2D eigenvalue weighted by molar-refractivity contribution is 0.103. The SMILES string of the molecule is COc1cccc(NC(=O)c2sc3nc4c(cc3c2N)CC(C(C)(C)C)CC4)c1. The predicted molar refractivity (Wildman–Crippen MR) is 120 cm³/mol. The van der Waals surface area contributed by atoms with E-state index in [0.29, 0.717) is 27.9 Å². The maximum atomic E-state index is 12.9. The summed E-state index contributed by atoms with van der Waals surface area (Å²) >= 11 is 1.36. The van der Waals surface area contributed by atoms with Crippen molar-refractivity contribution in [3.05, 3.63) is 46.5 Å². The third-order valence-corrected chi connectivity index (χ3v) is 6.96. The fraction of sp³-hybridized carbons (Fsp3) is 0.391. The smallest absolute Gasteiger partial charge is 0.267 e. The number of aromatic nitrogens is 1. The van der Waals surface area contributed by atoms with Gasteiger partial charge in [0.15, 0.2) is 0 Å². The highest BCUT2D eigenvalue weighted by molar-refractivity contribution is 7.21. The van der Waals surface area contributed by atoms with Gasteiger partial charge >= 0.3 is 0 Å². The van der Waals surface area contributed by atoms with Gasteiger partial charge in [-0.25, -0.2) is 4.98 Å². The second kappa shape index (κ2) is 7.34. The van der Waals surface area contributed by atoms with Gasteiger partial charge in [-0.1, -0.05) is 26.8 Å². The summed E-state index contributed by atoms with van der Waals surface area (Å²) in [4.78, 5) is 19.1. The third-order valence-electron chi connectivity index (χ3n) is 5.84. The number of carbonyl (C=O) groups excluding carboxylic acids is 1. The summed E-state index contributed by atoms with van der Waals surface area (Å²) in [6.07, 6.45) is 3.15. The van der Waals surface area contributed by atoms with E-state index in [1.165, 1.54) is 16.9 Å². The molecule has 6 heteroatoms. The molecule has 0 radical (unpaired) electrons. The molecule has 29 heavy (non-hydrogen) atoms. The molecule has 1 amide bonds. The Labute approximate surface area is 175 Å². The third kappa shape index (κ3) is 3.81. The van der Waals surface area contributed by atoms with Gasteiger partial charge in [0.2, 0.25) is 0 Å². The first-order chi connectivity index (χ1) is 13.8. The Hall–Kier alpha value is -2.60. The maximum absolute atomic E-state index is 12.9. The normalized spacial score (nSPS) is 16.5. The Morgan fingerprint density at radius 3 is 2.83 bits per heavy atom. The molecule has 1 unspecified atom stereocenters. The van der Waals surface area contributed by atoms with Crippen molar-refractivity contribution >= 4 is 38.8 Å². The standard InChI is InChI=1S/C23H27N3O2S/c1-23(2,3)14-8-9-18-13(10-14)11-17-19(24)20(29-22(17)26-18)21(27)25-15-6-5-7-16(12-15)28-4/h5-7,11-12,14H,8-10,24H2,1-4H3,(H,25,27). The molecule has 4 rings (SSSR count). The number of rotatable bonds is 3. The summed E-state index contributed by atoms with van der Waals surface area (Å²) in [6, 6.07) is 9.44. The lowest BCUT2D eigenvalue weighted by Crippen LogP contribution is -2.27. The summed E-state index contributed by atoms with van der Waals surface area (Å²) in [5, 5.41) is 3.80. The number of benzene rings is 1. The van der Waals surface area contributed by atoms with E-state index in [4.69, 9.17) is 15.5 Å². The number of nitrogens with zero attached hydrogens (tertiary/aromatic N) is 1. The van der Waals surface area contributed by atoms with Crippen LogP contribution in [0.2, 0.25) is 0 Å². The molecule has 1 aromatic carbocycles. The van der Waals surface area contributed by atoms with Crippen LogP contribution in [0.5, 0.6) is 5.75 Å². The number of ether oxygens (including phenoxy) is 1. The van der Waals surface area contributed by atoms with E-state index in [9.17, 15) is 4.79 Å². The monoisotopic (exact) mass is 409 g/mol. The van der Waals surface area contributed by atoms with Gasteiger partial charge in [0.1, 0.15) is 15.5 Å². The summed E-state index contributed by atoms with van der Waals surface area (Å²) in [5.41, 5.74) is 10.3. The number of methoxy groups -OCH3 is 1. The highest BCUT2D eigenvalue weighted by Crippen LogP contribution is 2.40. The molecule has 5 nitrogen and oxygen atoms in total. The van der Waals surface area contributed by atoms with Crippen LogP contribution in [0, 0.1) is 11.3 Å². The predicted octanol–water partition coefficient (Wildman–Crippen LogP) is 5.29. The minimum Gasteiger partial charge on any atom is -0.497 e. The van der Waals surface area contributed by atoms with Crippen molar-refractivity contribution in [1.29, 1.82) is 0 Å². The van der Waals surface area contributed by atoms with Gasteiger partial charge in [-0.15, -0.1) is 11.3 Å². The largest absolute Gasteiger partial charge is 0.497 e. The van der Waals surface area contributed by atoms with Crippen molar-refractivity contribution in [3.63, 3.8) is 0 Å². The zero-order chi connectivity index (χ0) is 20.8. The number of nitrogen functional groups attached to an aromatic ring is 1. The van der Waals surface area contributed by atoms with Crippen LogP contribution >= 0.6 is 11.3 Å². The van der Waals surface area contributed by atoms with Crippen LogP contribution in [-0.4, -0.2) is 18.0 Å². The molecule has 1 aliphatic rings. The number of anilines is 2. The lowest BCUT2D eigenvalue weighted by Gasteiger charge is -2.34. The number of carbonyl (C=O) groups is 1. The van der Waals surface area contributed by atoms with Crippen LogP contribution in [0.1, 0.15) is 48.1 Å². The van der Waals surface area contributed by atoms with Gasteiger partial charge in [-0.2, -0.15) is 0 Å². The molecular formula is C23H27N3O2S. The Morgan fingerprint density at radius 1 is 1.31 bits per heavy atom. The Balaban J connectivity index is 1.65. The van der Waals surface area contributed by atoms with Crippen LogP contribution in [-0.2, 0) is 12.8 Å². The first-order valence-corrected chi connectivity index (χ1v) is 10.7. The van der Waals surface area contributed by atoms with Crippen molar-refractivity contribution in [3.8, 4) is 5.75 Å². The van der Waals surface area contributed by atoms with Gasteiger partial charge in [-0.05, 0) is 54.4 Å². The summed E-state index contributed by atoms with van der Waals surface area (Å²) in [7, 11) is 1.60. The number of nitrogens with two attached hydrogens (primary N) is 1. The van der Waals surface area contributed by atoms with Crippen LogP contribution in [0.25, 0.3) is 10.2 Å². The van der Waals surface area contributed by atoms with Crippen LogP contribution in [0.15, 0.2) is 30.3 Å². The molecule has 0 fully saturated rings. The lowest BCUT2D eigenvalue weighted by atomic mass is 9.71. The molecule has 0 saturated heterocycles. The zero-order valence-electron chi connectivity index (χ0n) is 17.3. The number of hydrogen-bond acceptors (Lipinski definition) is 5. The first-order valence-electron chi connectivity index (χ1n) is 9.92. The fourth-order valence-corrected chi connectivity index (χ4v) is 4.98. The number of fused-ring (bicyclic) bond motifs is 2. The molecule has 152 valence electrons. The van der Waals surface area contributed by atoms with Crippen molar-refractivity contribution in [2.45, 2.75) is 40.0 Å². The van der Waals surface area contributed by atoms with Crippen LogP contribution in [0.4, 0.5) is 11.4 Å². The summed E-state index contributed by atoms with van der Waals surface area (Å²) < 4.78 is 5.22. The molecule has 0 bridgehead atoms. The molecule has 2 heterocycles. The average molecular weight is 410 g/mol. The van der Waals surface area contributed by atoms with E-state index >= 15 is 0 Å².